The van der Waals surface area contributed by atoms with Crippen LogP contribution in [-0.4, -0.2) is 0 Å². The lowest BCUT2D eigenvalue weighted by Gasteiger charge is -2.30. The monoisotopic (exact) mass is 692 g/mol. The van der Waals surface area contributed by atoms with Gasteiger partial charge in [0.25, 0.3) is 0 Å². The summed E-state index contributed by atoms with van der Waals surface area (Å²) in [5, 5.41) is 7.47. The summed E-state index contributed by atoms with van der Waals surface area (Å²) in [5.74, 6) is 0. The van der Waals surface area contributed by atoms with Crippen molar-refractivity contribution < 1.29 is 0 Å². The second kappa shape index (κ2) is 12.5. The zero-order chi connectivity index (χ0) is 36.4. The second-order valence-electron chi connectivity index (χ2n) is 15.1. The van der Waals surface area contributed by atoms with Gasteiger partial charge in [0.15, 0.2) is 0 Å². The van der Waals surface area contributed by atoms with Crippen molar-refractivity contribution in [2.24, 2.45) is 0 Å². The van der Waals surface area contributed by atoms with Crippen molar-refractivity contribution in [1.82, 2.24) is 0 Å². The van der Waals surface area contributed by atoms with Crippen molar-refractivity contribution in [1.29, 1.82) is 0 Å². The van der Waals surface area contributed by atoms with E-state index >= 15 is 0 Å². The lowest BCUT2D eigenvalue weighted by Crippen LogP contribution is -2.18. The zero-order valence-electron chi connectivity index (χ0n) is 30.8. The highest BCUT2D eigenvalue weighted by atomic mass is 15.1. The number of benzene rings is 9. The molecule has 0 fully saturated rings. The van der Waals surface area contributed by atoms with E-state index in [4.69, 9.17) is 0 Å². The molecule has 9 aromatic carbocycles. The van der Waals surface area contributed by atoms with Gasteiger partial charge in [-0.2, -0.15) is 0 Å². The average molecular weight is 693 g/mol. The van der Waals surface area contributed by atoms with Crippen molar-refractivity contribution in [2.45, 2.75) is 26.2 Å². The minimum absolute atomic E-state index is 0.234. The molecule has 0 aliphatic heterocycles. The molecular weight excluding hydrogens is 653 g/mol. The van der Waals surface area contributed by atoms with Gasteiger partial charge in [0.05, 0.1) is 11.4 Å². The van der Waals surface area contributed by atoms with Gasteiger partial charge in [-0.05, 0) is 111 Å². The minimum Gasteiger partial charge on any atom is -0.310 e. The first-order valence-corrected chi connectivity index (χ1v) is 18.9. The molecule has 0 bridgehead atoms. The van der Waals surface area contributed by atoms with E-state index in [1.807, 2.05) is 0 Å². The van der Waals surface area contributed by atoms with Crippen LogP contribution in [0.5, 0.6) is 0 Å². The highest BCUT2D eigenvalue weighted by Gasteiger charge is 2.37. The SMILES string of the molecule is Cc1ccc(N(c2ccc3c(c2)C(C)(C)c2cc(N(c4ccccc4)c4cccc5ccccc45)ccc2-3)c2cc3ccccc3c3ccccc23)cc1. The maximum Gasteiger partial charge on any atom is 0.0546 e. The van der Waals surface area contributed by atoms with Crippen LogP contribution >= 0.6 is 0 Å². The molecule has 258 valence electrons. The first-order chi connectivity index (χ1) is 26.5. The normalized spacial score (nSPS) is 12.9. The second-order valence-corrected chi connectivity index (χ2v) is 15.1. The molecule has 0 spiro atoms. The molecule has 0 atom stereocenters. The third-order valence-electron chi connectivity index (χ3n) is 11.5. The Balaban J connectivity index is 1.14. The summed E-state index contributed by atoms with van der Waals surface area (Å²) >= 11 is 0. The molecule has 0 radical (unpaired) electrons. The van der Waals surface area contributed by atoms with E-state index in [1.165, 1.54) is 71.5 Å². The molecule has 0 N–H and O–H groups in total. The van der Waals surface area contributed by atoms with Crippen LogP contribution in [-0.2, 0) is 5.41 Å². The van der Waals surface area contributed by atoms with E-state index in [0.29, 0.717) is 0 Å². The van der Waals surface area contributed by atoms with Crippen LogP contribution in [0.4, 0.5) is 34.1 Å². The largest absolute Gasteiger partial charge is 0.310 e. The van der Waals surface area contributed by atoms with Crippen LogP contribution < -0.4 is 9.80 Å². The first-order valence-electron chi connectivity index (χ1n) is 18.9. The van der Waals surface area contributed by atoms with E-state index in [2.05, 4.69) is 219 Å². The number of para-hydroxylation sites is 1. The van der Waals surface area contributed by atoms with Crippen LogP contribution in [0, 0.1) is 6.92 Å². The van der Waals surface area contributed by atoms with E-state index in [-0.39, 0.29) is 5.41 Å². The van der Waals surface area contributed by atoms with Gasteiger partial charge in [-0.3, -0.25) is 0 Å². The number of rotatable bonds is 6. The molecule has 0 amide bonds. The summed E-state index contributed by atoms with van der Waals surface area (Å²) in [6.07, 6.45) is 0. The van der Waals surface area contributed by atoms with Gasteiger partial charge in [-0.1, -0.05) is 147 Å². The number of nitrogens with zero attached hydrogens (tertiary/aromatic N) is 2. The summed E-state index contributed by atoms with van der Waals surface area (Å²) in [7, 11) is 0. The molecule has 54 heavy (non-hydrogen) atoms. The Bertz CT molecular complexity index is 2860. The Labute approximate surface area is 317 Å². The summed E-state index contributed by atoms with van der Waals surface area (Å²) in [6.45, 7) is 6.93. The van der Waals surface area contributed by atoms with Crippen LogP contribution in [0.25, 0.3) is 43.4 Å². The predicted octanol–water partition coefficient (Wildman–Crippen LogP) is 14.7. The van der Waals surface area contributed by atoms with Crippen LogP contribution in [0.3, 0.4) is 0 Å². The maximum atomic E-state index is 2.46. The Morgan fingerprint density at radius 3 is 1.54 bits per heavy atom. The van der Waals surface area contributed by atoms with Gasteiger partial charge in [-0.15, -0.1) is 0 Å². The van der Waals surface area contributed by atoms with Crippen LogP contribution in [0.2, 0.25) is 0 Å². The molecule has 10 rings (SSSR count). The molecular formula is C52H40N2. The van der Waals surface area contributed by atoms with Gasteiger partial charge in [0.2, 0.25) is 0 Å². The van der Waals surface area contributed by atoms with Gasteiger partial charge in [0.1, 0.15) is 0 Å². The van der Waals surface area contributed by atoms with Crippen molar-refractivity contribution >= 4 is 66.4 Å². The standard InChI is InChI=1S/C52H40N2/c1-35-24-26-39(27-25-35)54(51-32-37-15-8-9-19-42(37)44-21-11-12-22-47(44)51)41-29-31-46-45-30-28-40(33-48(45)52(2,3)49(46)34-41)53(38-17-5-4-6-18-38)50-23-13-16-36-14-7-10-20-43(36)50/h4-34H,1-3H3. The van der Waals surface area contributed by atoms with Crippen molar-refractivity contribution in [2.75, 3.05) is 9.80 Å². The van der Waals surface area contributed by atoms with Crippen molar-refractivity contribution in [3.63, 3.8) is 0 Å². The third-order valence-corrected chi connectivity index (χ3v) is 11.5. The predicted molar refractivity (Wildman–Crippen MR) is 231 cm³/mol. The van der Waals surface area contributed by atoms with E-state index in [1.54, 1.807) is 0 Å². The Morgan fingerprint density at radius 1 is 0.352 bits per heavy atom. The Morgan fingerprint density at radius 2 is 0.852 bits per heavy atom. The van der Waals surface area contributed by atoms with Crippen molar-refractivity contribution in [3.05, 3.63) is 205 Å². The van der Waals surface area contributed by atoms with Gasteiger partial charge >= 0.3 is 0 Å². The fraction of sp³-hybridized carbons (Fsp3) is 0.0769. The van der Waals surface area contributed by atoms with E-state index in [9.17, 15) is 0 Å². The lowest BCUT2D eigenvalue weighted by atomic mass is 9.82. The van der Waals surface area contributed by atoms with Gasteiger partial charge < -0.3 is 9.80 Å². The summed E-state index contributed by atoms with van der Waals surface area (Å²) in [6, 6.07) is 69.1. The molecule has 2 heteroatoms. The fourth-order valence-corrected chi connectivity index (χ4v) is 8.74. The molecule has 0 saturated heterocycles. The third kappa shape index (κ3) is 5.09. The molecule has 0 saturated carbocycles. The molecule has 0 aromatic heterocycles. The summed E-state index contributed by atoms with van der Waals surface area (Å²) < 4.78 is 0. The van der Waals surface area contributed by atoms with Crippen molar-refractivity contribution in [3.8, 4) is 11.1 Å². The Kier molecular flexibility index (Phi) is 7.42. The fourth-order valence-electron chi connectivity index (χ4n) is 8.74. The summed E-state index contributed by atoms with van der Waals surface area (Å²) in [5.41, 5.74) is 13.2. The zero-order valence-corrected chi connectivity index (χ0v) is 30.8. The molecule has 0 unspecified atom stereocenters. The van der Waals surface area contributed by atoms with E-state index < -0.39 is 0 Å². The maximum absolute atomic E-state index is 2.46. The van der Waals surface area contributed by atoms with Crippen LogP contribution in [0.15, 0.2) is 188 Å². The topological polar surface area (TPSA) is 6.48 Å². The number of fused-ring (bicyclic) bond motifs is 7. The minimum atomic E-state index is -0.234. The smallest absolute Gasteiger partial charge is 0.0546 e. The lowest BCUT2D eigenvalue weighted by molar-refractivity contribution is 0.660. The van der Waals surface area contributed by atoms with E-state index in [0.717, 1.165) is 22.7 Å². The summed E-state index contributed by atoms with van der Waals surface area (Å²) in [4.78, 5) is 4.87. The van der Waals surface area contributed by atoms with Gasteiger partial charge in [0, 0.05) is 38.9 Å². The molecule has 0 heterocycles. The number of hydrogen-bond acceptors (Lipinski definition) is 2. The molecule has 1 aliphatic carbocycles. The number of anilines is 6. The van der Waals surface area contributed by atoms with Crippen LogP contribution in [0.1, 0.15) is 30.5 Å². The highest BCUT2D eigenvalue weighted by Crippen LogP contribution is 2.53. The van der Waals surface area contributed by atoms with Gasteiger partial charge in [-0.25, -0.2) is 0 Å². The molecule has 9 aromatic rings. The molecule has 2 nitrogen and oxygen atoms in total. The molecule has 1 aliphatic rings. The number of hydrogen-bond donors (Lipinski definition) is 0. The Hall–Kier alpha value is -6.64. The first kappa shape index (κ1) is 32.0. The quantitative estimate of drug-likeness (QED) is 0.160. The number of aryl methyl sites for hydroxylation is 1. The highest BCUT2D eigenvalue weighted by molar-refractivity contribution is 6.14. The average Bonchev–Trinajstić information content (AvgIpc) is 3.44.